The van der Waals surface area contributed by atoms with Gasteiger partial charge in [0.2, 0.25) is 0 Å². The van der Waals surface area contributed by atoms with Crippen molar-refractivity contribution in [1.29, 1.82) is 0 Å². The largest absolute Gasteiger partial charge is 2.00 e. The summed E-state index contributed by atoms with van der Waals surface area (Å²) in [5, 5.41) is 2.97. The first-order valence-corrected chi connectivity index (χ1v) is 13.7. The van der Waals surface area contributed by atoms with Gasteiger partial charge >= 0.3 is 17.1 Å². The van der Waals surface area contributed by atoms with Gasteiger partial charge in [0.1, 0.15) is 0 Å². The van der Waals surface area contributed by atoms with Gasteiger partial charge in [-0.25, -0.2) is 9.97 Å². The zero-order chi connectivity index (χ0) is 29.7. The van der Waals surface area contributed by atoms with Gasteiger partial charge in [-0.2, -0.15) is 0 Å². The number of nitrogens with two attached hydrogens (primary N) is 4. The van der Waals surface area contributed by atoms with Crippen LogP contribution in [0.4, 0.5) is 22.7 Å². The molecule has 0 spiro atoms. The Morgan fingerprint density at radius 2 is 0.689 bits per heavy atom. The summed E-state index contributed by atoms with van der Waals surface area (Å²) in [7, 11) is 0. The van der Waals surface area contributed by atoms with E-state index < -0.39 is 0 Å². The van der Waals surface area contributed by atoms with Crippen molar-refractivity contribution in [3.8, 4) is 45.6 Å². The fourth-order valence-corrected chi connectivity index (χ4v) is 5.73. The summed E-state index contributed by atoms with van der Waals surface area (Å²) in [6, 6.07) is 22.0. The van der Waals surface area contributed by atoms with Gasteiger partial charge in [0.15, 0.2) is 0 Å². The van der Waals surface area contributed by atoms with Crippen molar-refractivity contribution in [3.63, 3.8) is 0 Å². The van der Waals surface area contributed by atoms with Crippen molar-refractivity contribution in [2.45, 2.75) is 0 Å². The monoisotopic (exact) mass is 628 g/mol. The van der Waals surface area contributed by atoms with Crippen LogP contribution in [0, 0.1) is 0 Å². The molecule has 0 saturated carbocycles. The van der Waals surface area contributed by atoms with Gasteiger partial charge in [-0.3, -0.25) is 0 Å². The molecular weight excluding hydrogens is 608 g/mol. The Labute approximate surface area is 264 Å². The molecule has 0 aliphatic carbocycles. The van der Waals surface area contributed by atoms with Crippen LogP contribution in [0.1, 0.15) is 0 Å². The molecule has 8 N–H and O–H groups in total. The van der Waals surface area contributed by atoms with E-state index in [4.69, 9.17) is 62.8 Å². The number of fused-ring (bicyclic) bond motifs is 20. The maximum Gasteiger partial charge on any atom is 2.00 e. The molecule has 4 aromatic carbocycles. The molecule has 3 aromatic heterocycles. The number of nitrogens with zero attached hydrogens (tertiary/aromatic N) is 8. The summed E-state index contributed by atoms with van der Waals surface area (Å²) in [5.41, 5.74) is 31.7. The molecule has 2 aliphatic heterocycles. The first-order valence-electron chi connectivity index (χ1n) is 13.7. The van der Waals surface area contributed by atoms with Crippen LogP contribution in [0.15, 0.2) is 72.8 Å². The molecule has 7 aromatic rings. The Hall–Kier alpha value is -6.04. The van der Waals surface area contributed by atoms with Crippen molar-refractivity contribution >= 4 is 66.9 Å². The van der Waals surface area contributed by atoms with Crippen molar-refractivity contribution in [2.24, 2.45) is 0 Å². The Morgan fingerprint density at radius 3 is 1.11 bits per heavy atom. The first-order chi connectivity index (χ1) is 21.4. The van der Waals surface area contributed by atoms with Gasteiger partial charge in [-0.1, -0.05) is 12.1 Å². The summed E-state index contributed by atoms with van der Waals surface area (Å²) in [4.78, 5) is 39.0. The second-order valence-electron chi connectivity index (χ2n) is 10.7. The Kier molecular flexibility index (Phi) is 5.60. The van der Waals surface area contributed by atoms with Gasteiger partial charge in [0.05, 0.1) is 23.3 Å². The normalized spacial score (nSPS) is 11.7. The van der Waals surface area contributed by atoms with Crippen molar-refractivity contribution in [1.82, 2.24) is 39.9 Å². The molecular formula is C32H20FeN12. The standard InChI is InChI=1S/C32H20N12.Fe/c33-13-1-5-17-21(9-13)29-37-25(17)41-30-22-10-14(34)2-6-18(22)27(38-30)43-32-24-12-16(36)4-8-20(24)28(40-32)44-31-23-11-15(35)3-7-19(23)26(39-31)42-29;/h1-12H,33-36H2;/q-2;+2. The van der Waals surface area contributed by atoms with Crippen LogP contribution in [0.2, 0.25) is 0 Å². The van der Waals surface area contributed by atoms with E-state index in [1.54, 1.807) is 24.3 Å². The maximum absolute atomic E-state index is 6.19. The second kappa shape index (κ2) is 9.48. The third kappa shape index (κ3) is 4.06. The Morgan fingerprint density at radius 1 is 0.356 bits per heavy atom. The van der Waals surface area contributed by atoms with E-state index in [2.05, 4.69) is 0 Å². The van der Waals surface area contributed by atoms with Gasteiger partial charge in [0.25, 0.3) is 0 Å². The molecule has 0 atom stereocenters. The number of aromatic nitrogens is 8. The number of anilines is 4. The topological polar surface area (TPSA) is 210 Å². The van der Waals surface area contributed by atoms with Crippen LogP contribution in [-0.4, -0.2) is 29.9 Å². The zero-order valence-corrected chi connectivity index (χ0v) is 24.3. The minimum atomic E-state index is 0. The molecule has 216 valence electrons. The van der Waals surface area contributed by atoms with Gasteiger partial charge in [-0.15, -0.1) is 0 Å². The average molecular weight is 628 g/mol. The molecule has 13 heteroatoms. The smallest absolute Gasteiger partial charge is 0.399 e. The maximum atomic E-state index is 6.19. The average Bonchev–Trinajstić information content (AvgIpc) is 3.71. The number of benzene rings is 4. The quantitative estimate of drug-likeness (QED) is 0.136. The Balaban J connectivity index is 0.00000300. The molecule has 0 amide bonds. The minimum Gasteiger partial charge on any atom is -0.399 e. The predicted molar refractivity (Wildman–Crippen MR) is 172 cm³/mol. The van der Waals surface area contributed by atoms with Gasteiger partial charge < -0.3 is 52.8 Å². The van der Waals surface area contributed by atoms with Crippen LogP contribution in [-0.2, 0) is 17.1 Å². The summed E-state index contributed by atoms with van der Waals surface area (Å²) in [5.74, 6) is 1.68. The van der Waals surface area contributed by atoms with E-state index in [9.17, 15) is 0 Å². The molecule has 0 fully saturated rings. The van der Waals surface area contributed by atoms with Gasteiger partial charge in [-0.05, 0) is 82.2 Å². The van der Waals surface area contributed by atoms with E-state index in [0.717, 1.165) is 43.8 Å². The van der Waals surface area contributed by atoms with E-state index in [1.165, 1.54) is 0 Å². The van der Waals surface area contributed by atoms with Crippen LogP contribution >= 0.6 is 0 Å². The van der Waals surface area contributed by atoms with Crippen LogP contribution in [0.25, 0.3) is 89.7 Å². The van der Waals surface area contributed by atoms with Gasteiger partial charge in [0, 0.05) is 67.6 Å². The number of hydrogen-bond acceptors (Lipinski definition) is 10. The third-order valence-corrected chi connectivity index (χ3v) is 7.80. The van der Waals surface area contributed by atoms with E-state index in [1.807, 2.05) is 48.5 Å². The summed E-state index contributed by atoms with van der Waals surface area (Å²) < 4.78 is 0. The molecule has 0 saturated heterocycles. The summed E-state index contributed by atoms with van der Waals surface area (Å²) in [6.07, 6.45) is 0. The van der Waals surface area contributed by atoms with Crippen molar-refractivity contribution < 1.29 is 17.1 Å². The van der Waals surface area contributed by atoms with E-state index in [-0.39, 0.29) is 17.1 Å². The van der Waals surface area contributed by atoms with Crippen LogP contribution in [0.3, 0.4) is 0 Å². The first kappa shape index (κ1) is 26.6. The van der Waals surface area contributed by atoms with Crippen LogP contribution in [0.5, 0.6) is 0 Å². The van der Waals surface area contributed by atoms with Crippen molar-refractivity contribution in [2.75, 3.05) is 22.9 Å². The van der Waals surface area contributed by atoms with Crippen molar-refractivity contribution in [3.05, 3.63) is 72.8 Å². The SMILES string of the molecule is Nc1ccc2c(c1)-c1nc-2nc2[n-]c(nc3nc(nc4[n-]c(n1)c1ccc(N)cc41)-c1ccc(N)cc1-3)c1ccc(N)cc21.[Fe+2]. The van der Waals surface area contributed by atoms with E-state index in [0.29, 0.717) is 68.6 Å². The molecule has 2 aliphatic rings. The Bertz CT molecular complexity index is 2390. The number of nitrogen functional groups attached to an aromatic ring is 4. The fraction of sp³-hybridized carbons (Fsp3) is 0. The van der Waals surface area contributed by atoms with E-state index >= 15 is 0 Å². The molecule has 12 nitrogen and oxygen atoms in total. The minimum absolute atomic E-state index is 0. The third-order valence-electron chi connectivity index (χ3n) is 7.80. The predicted octanol–water partition coefficient (Wildman–Crippen LogP) is 4.45. The molecule has 45 heavy (non-hydrogen) atoms. The molecule has 8 bridgehead atoms. The molecule has 0 unspecified atom stereocenters. The molecule has 5 heterocycles. The molecule has 0 radical (unpaired) electrons. The number of rotatable bonds is 0. The van der Waals surface area contributed by atoms with Crippen LogP contribution < -0.4 is 32.9 Å². The number of hydrogen-bond donors (Lipinski definition) is 4. The summed E-state index contributed by atoms with van der Waals surface area (Å²) in [6.45, 7) is 0. The second-order valence-corrected chi connectivity index (χ2v) is 10.7. The summed E-state index contributed by atoms with van der Waals surface area (Å²) >= 11 is 0. The zero-order valence-electron chi connectivity index (χ0n) is 23.2. The fourth-order valence-electron chi connectivity index (χ4n) is 5.73. The molecule has 9 rings (SSSR count).